The molecular formula is C39H33NO4S. The van der Waals surface area contributed by atoms with Gasteiger partial charge < -0.3 is 9.84 Å². The van der Waals surface area contributed by atoms with Crippen molar-refractivity contribution in [1.82, 2.24) is 4.90 Å². The highest BCUT2D eigenvalue weighted by Gasteiger charge is 2.47. The van der Waals surface area contributed by atoms with Crippen LogP contribution in [0.4, 0.5) is 4.79 Å². The number of ether oxygens (including phenoxy) is 1. The molecule has 1 N–H and O–H groups in total. The van der Waals surface area contributed by atoms with Crippen molar-refractivity contribution in [3.8, 4) is 11.1 Å². The van der Waals surface area contributed by atoms with E-state index in [1.165, 1.54) is 4.90 Å². The maximum atomic E-state index is 13.7. The van der Waals surface area contributed by atoms with E-state index < -0.39 is 22.9 Å². The quantitative estimate of drug-likeness (QED) is 0.179. The molecule has 224 valence electrons. The van der Waals surface area contributed by atoms with E-state index in [1.807, 2.05) is 78.9 Å². The van der Waals surface area contributed by atoms with Crippen LogP contribution in [-0.2, 0) is 14.3 Å². The van der Waals surface area contributed by atoms with E-state index in [1.54, 1.807) is 11.8 Å². The Morgan fingerprint density at radius 3 is 1.60 bits per heavy atom. The molecule has 0 unspecified atom stereocenters. The summed E-state index contributed by atoms with van der Waals surface area (Å²) in [6.07, 6.45) is -0.268. The van der Waals surface area contributed by atoms with Gasteiger partial charge >= 0.3 is 12.1 Å². The number of benzene rings is 5. The molecule has 0 spiro atoms. The molecule has 5 nitrogen and oxygen atoms in total. The maximum Gasteiger partial charge on any atom is 0.410 e. The monoisotopic (exact) mass is 611 g/mol. The molecule has 1 heterocycles. The Balaban J connectivity index is 1.18. The molecule has 0 aromatic heterocycles. The smallest absolute Gasteiger partial charge is 0.410 e. The number of carboxylic acids is 1. The van der Waals surface area contributed by atoms with Crippen molar-refractivity contribution in [2.24, 2.45) is 0 Å². The average molecular weight is 612 g/mol. The molecule has 5 aromatic rings. The molecule has 6 heteroatoms. The van der Waals surface area contributed by atoms with E-state index in [-0.39, 0.29) is 24.3 Å². The van der Waals surface area contributed by atoms with Crippen molar-refractivity contribution >= 4 is 23.8 Å². The van der Waals surface area contributed by atoms with Gasteiger partial charge in [-0.05, 0) is 45.4 Å². The van der Waals surface area contributed by atoms with Crippen LogP contribution in [0.5, 0.6) is 0 Å². The molecule has 2 atom stereocenters. The van der Waals surface area contributed by atoms with Crippen molar-refractivity contribution in [1.29, 1.82) is 0 Å². The number of rotatable bonds is 8. The van der Waals surface area contributed by atoms with Gasteiger partial charge in [-0.15, -0.1) is 11.8 Å². The van der Waals surface area contributed by atoms with Gasteiger partial charge in [-0.25, -0.2) is 9.59 Å². The minimum Gasteiger partial charge on any atom is -0.480 e. The molecule has 2 aliphatic rings. The predicted molar refractivity (Wildman–Crippen MR) is 178 cm³/mol. The third-order valence-corrected chi connectivity index (χ3v) is 10.7. The molecule has 1 amide bonds. The standard InChI is InChI=1S/C39H33NO4S/c41-37(42)36-24-30(25-40(36)38(43)44-26-35-33-22-12-10-20-31(33)32-21-11-13-23-34(32)35)45-39(27-14-4-1-5-15-27,28-16-6-2-7-17-28)29-18-8-3-9-19-29/h1-23,30,35-36H,24-26H2,(H,41,42)/t30-,36-/m0/s1. The zero-order valence-electron chi connectivity index (χ0n) is 24.7. The topological polar surface area (TPSA) is 66.8 Å². The van der Waals surface area contributed by atoms with Gasteiger partial charge in [0.25, 0.3) is 0 Å². The summed E-state index contributed by atoms with van der Waals surface area (Å²) in [5, 5.41) is 10.1. The van der Waals surface area contributed by atoms with Crippen LogP contribution in [0.15, 0.2) is 140 Å². The number of nitrogens with zero attached hydrogens (tertiary/aromatic N) is 1. The number of amides is 1. The summed E-state index contributed by atoms with van der Waals surface area (Å²) in [6.45, 7) is 0.419. The largest absolute Gasteiger partial charge is 0.480 e. The number of carbonyl (C=O) groups excluding carboxylic acids is 1. The Bertz CT molecular complexity index is 1670. The normalized spacial score (nSPS) is 17.5. The highest BCUT2D eigenvalue weighted by atomic mass is 32.2. The van der Waals surface area contributed by atoms with Gasteiger partial charge in [0.15, 0.2) is 0 Å². The summed E-state index contributed by atoms with van der Waals surface area (Å²) < 4.78 is 5.33. The fraction of sp³-hybridized carbons (Fsp3) is 0.179. The van der Waals surface area contributed by atoms with Crippen LogP contribution in [-0.4, -0.2) is 46.5 Å². The van der Waals surface area contributed by atoms with Gasteiger partial charge in [0.2, 0.25) is 0 Å². The number of carboxylic acid groups (broad SMARTS) is 1. The van der Waals surface area contributed by atoms with Gasteiger partial charge in [-0.2, -0.15) is 0 Å². The summed E-state index contributed by atoms with van der Waals surface area (Å²) in [6, 6.07) is 46.4. The summed E-state index contributed by atoms with van der Waals surface area (Å²) in [4.78, 5) is 27.7. The van der Waals surface area contributed by atoms with Crippen LogP contribution in [0.25, 0.3) is 11.1 Å². The Hall–Kier alpha value is -4.81. The lowest BCUT2D eigenvalue weighted by Crippen LogP contribution is -2.41. The Morgan fingerprint density at radius 1 is 0.689 bits per heavy atom. The fourth-order valence-corrected chi connectivity index (χ4v) is 8.80. The van der Waals surface area contributed by atoms with E-state index in [9.17, 15) is 14.7 Å². The predicted octanol–water partition coefficient (Wildman–Crippen LogP) is 8.19. The van der Waals surface area contributed by atoms with Gasteiger partial charge in [-0.3, -0.25) is 4.90 Å². The molecule has 1 saturated heterocycles. The molecule has 0 radical (unpaired) electrons. The highest BCUT2D eigenvalue weighted by molar-refractivity contribution is 8.01. The molecule has 1 aliphatic carbocycles. The van der Waals surface area contributed by atoms with Crippen LogP contribution in [0, 0.1) is 0 Å². The average Bonchev–Trinajstić information content (AvgIpc) is 3.67. The van der Waals surface area contributed by atoms with Crippen LogP contribution < -0.4 is 0 Å². The van der Waals surface area contributed by atoms with Gasteiger partial charge in [0, 0.05) is 17.7 Å². The van der Waals surface area contributed by atoms with Crippen molar-refractivity contribution in [3.05, 3.63) is 167 Å². The van der Waals surface area contributed by atoms with E-state index in [0.717, 1.165) is 38.9 Å². The van der Waals surface area contributed by atoms with E-state index in [4.69, 9.17) is 4.74 Å². The van der Waals surface area contributed by atoms with E-state index in [2.05, 4.69) is 60.7 Å². The zero-order chi connectivity index (χ0) is 30.8. The second-order valence-electron chi connectivity index (χ2n) is 11.6. The molecule has 7 rings (SSSR count). The molecule has 5 aromatic carbocycles. The molecule has 1 fully saturated rings. The minimum absolute atomic E-state index is 0.0979. The molecule has 1 aliphatic heterocycles. The SMILES string of the molecule is O=C(O)[C@@H]1C[C@H](SC(c2ccccc2)(c2ccccc2)c2ccccc2)CN1C(=O)OCC1c2ccccc2-c2ccccc21. The van der Waals surface area contributed by atoms with Crippen molar-refractivity contribution in [3.63, 3.8) is 0 Å². The summed E-state index contributed by atoms with van der Waals surface area (Å²) in [5.74, 6) is -1.12. The second-order valence-corrected chi connectivity index (χ2v) is 13.1. The highest BCUT2D eigenvalue weighted by Crippen LogP contribution is 2.52. The van der Waals surface area contributed by atoms with Crippen LogP contribution >= 0.6 is 11.8 Å². The third-order valence-electron chi connectivity index (χ3n) is 9.00. The van der Waals surface area contributed by atoms with Crippen LogP contribution in [0.3, 0.4) is 0 Å². The number of hydrogen-bond acceptors (Lipinski definition) is 4. The van der Waals surface area contributed by atoms with E-state index >= 15 is 0 Å². The van der Waals surface area contributed by atoms with Crippen LogP contribution in [0.1, 0.15) is 40.2 Å². The first kappa shape index (κ1) is 28.9. The first-order valence-electron chi connectivity index (χ1n) is 15.2. The first-order valence-corrected chi connectivity index (χ1v) is 16.1. The molecule has 0 saturated carbocycles. The Morgan fingerprint density at radius 2 is 1.13 bits per heavy atom. The Kier molecular flexibility index (Phi) is 7.90. The Labute approximate surface area is 267 Å². The number of likely N-dealkylation sites (tertiary alicyclic amines) is 1. The summed E-state index contributed by atoms with van der Waals surface area (Å²) in [5.41, 5.74) is 7.82. The first-order chi connectivity index (χ1) is 22.1. The fourth-order valence-electron chi connectivity index (χ4n) is 6.97. The zero-order valence-corrected chi connectivity index (χ0v) is 25.5. The van der Waals surface area contributed by atoms with Gasteiger partial charge in [0.1, 0.15) is 12.6 Å². The molecular weight excluding hydrogens is 578 g/mol. The summed E-state index contributed by atoms with van der Waals surface area (Å²) in [7, 11) is 0. The lowest BCUT2D eigenvalue weighted by atomic mass is 9.84. The minimum atomic E-state index is -1.02. The summed E-state index contributed by atoms with van der Waals surface area (Å²) >= 11 is 1.71. The molecule has 45 heavy (non-hydrogen) atoms. The number of carbonyl (C=O) groups is 2. The molecule has 0 bridgehead atoms. The van der Waals surface area contributed by atoms with Gasteiger partial charge in [-0.1, -0.05) is 140 Å². The number of aliphatic carboxylic acids is 1. The number of fused-ring (bicyclic) bond motifs is 3. The number of hydrogen-bond donors (Lipinski definition) is 1. The van der Waals surface area contributed by atoms with Gasteiger partial charge in [0.05, 0.1) is 4.75 Å². The lowest BCUT2D eigenvalue weighted by Gasteiger charge is -2.37. The second kappa shape index (κ2) is 12.3. The van der Waals surface area contributed by atoms with Crippen LogP contribution in [0.2, 0.25) is 0 Å². The van der Waals surface area contributed by atoms with E-state index in [0.29, 0.717) is 6.42 Å². The maximum absolute atomic E-state index is 13.7. The van der Waals surface area contributed by atoms with Crippen molar-refractivity contribution in [2.45, 2.75) is 28.4 Å². The number of thioether (sulfide) groups is 1. The lowest BCUT2D eigenvalue weighted by molar-refractivity contribution is -0.141. The van der Waals surface area contributed by atoms with Crippen molar-refractivity contribution < 1.29 is 19.4 Å². The third kappa shape index (κ3) is 5.29. The van der Waals surface area contributed by atoms with Crippen molar-refractivity contribution in [2.75, 3.05) is 13.2 Å².